The highest BCUT2D eigenvalue weighted by Gasteiger charge is 2.36. The number of aryl methyl sites for hydroxylation is 1. The molecule has 0 radical (unpaired) electrons. The van der Waals surface area contributed by atoms with Crippen LogP contribution in [0.5, 0.6) is 0 Å². The molecule has 3 aromatic heterocycles. The van der Waals surface area contributed by atoms with Crippen LogP contribution in [-0.2, 0) is 19.4 Å². The Labute approximate surface area is 179 Å². The molecule has 0 N–H and O–H groups in total. The molecular formula is C25H22N2O2S. The van der Waals surface area contributed by atoms with Gasteiger partial charge in [-0.15, -0.1) is 11.3 Å². The van der Waals surface area contributed by atoms with Gasteiger partial charge in [-0.1, -0.05) is 30.3 Å². The first-order valence-electron chi connectivity index (χ1n) is 10.5. The standard InChI is InChI=1S/C25H22N2O2S/c28-24(21-12-7-15-29-21)27-16-19-18-10-4-5-13-22(18)30-25(19)26-14-6-11-20(26)23(27)17-8-2-1-3-9-17/h1-3,6-9,11-12,14-15,23H,4-5,10,13,16H2. The van der Waals surface area contributed by atoms with Gasteiger partial charge in [0.25, 0.3) is 5.91 Å². The molecule has 1 unspecified atom stereocenters. The van der Waals surface area contributed by atoms with Gasteiger partial charge < -0.3 is 13.9 Å². The smallest absolute Gasteiger partial charge is 0.290 e. The van der Waals surface area contributed by atoms with Crippen LogP contribution in [0.2, 0.25) is 0 Å². The second kappa shape index (κ2) is 7.03. The van der Waals surface area contributed by atoms with Crippen molar-refractivity contribution in [3.05, 3.63) is 100 Å². The van der Waals surface area contributed by atoms with Gasteiger partial charge in [0.1, 0.15) is 5.00 Å². The van der Waals surface area contributed by atoms with Crippen LogP contribution < -0.4 is 0 Å². The predicted molar refractivity (Wildman–Crippen MR) is 117 cm³/mol. The van der Waals surface area contributed by atoms with Crippen LogP contribution in [0.15, 0.2) is 71.5 Å². The lowest BCUT2D eigenvalue weighted by Gasteiger charge is -2.30. The number of fused-ring (bicyclic) bond motifs is 5. The molecule has 1 aliphatic carbocycles. The summed E-state index contributed by atoms with van der Waals surface area (Å²) in [5, 5.41) is 1.28. The molecule has 1 aromatic carbocycles. The normalized spacial score (nSPS) is 17.7. The highest BCUT2D eigenvalue weighted by molar-refractivity contribution is 7.15. The van der Waals surface area contributed by atoms with Crippen LogP contribution >= 0.6 is 11.3 Å². The molecule has 0 bridgehead atoms. The van der Waals surface area contributed by atoms with Gasteiger partial charge in [-0.25, -0.2) is 0 Å². The van der Waals surface area contributed by atoms with Crippen LogP contribution in [0.4, 0.5) is 0 Å². The van der Waals surface area contributed by atoms with Gasteiger partial charge in [-0.2, -0.15) is 0 Å². The van der Waals surface area contributed by atoms with E-state index < -0.39 is 0 Å². The number of thiophene rings is 1. The van der Waals surface area contributed by atoms with E-state index in [0.29, 0.717) is 12.3 Å². The molecule has 0 fully saturated rings. The van der Waals surface area contributed by atoms with E-state index in [1.807, 2.05) is 34.4 Å². The number of rotatable bonds is 2. The second-order valence-electron chi connectivity index (χ2n) is 8.02. The summed E-state index contributed by atoms with van der Waals surface area (Å²) >= 11 is 1.91. The van der Waals surface area contributed by atoms with E-state index in [0.717, 1.165) is 24.1 Å². The third-order valence-corrected chi connectivity index (χ3v) is 7.62. The zero-order chi connectivity index (χ0) is 20.1. The Balaban J connectivity index is 1.58. The van der Waals surface area contributed by atoms with Gasteiger partial charge in [0, 0.05) is 16.6 Å². The molecule has 5 heteroatoms. The molecule has 30 heavy (non-hydrogen) atoms. The number of furan rings is 1. The Bertz CT molecular complexity index is 1200. The lowest BCUT2D eigenvalue weighted by Crippen LogP contribution is -2.34. The third-order valence-electron chi connectivity index (χ3n) is 6.29. The van der Waals surface area contributed by atoms with Crippen LogP contribution in [0.1, 0.15) is 56.7 Å². The van der Waals surface area contributed by atoms with Crippen molar-refractivity contribution >= 4 is 17.2 Å². The topological polar surface area (TPSA) is 38.4 Å². The van der Waals surface area contributed by atoms with Crippen LogP contribution in [0.3, 0.4) is 0 Å². The summed E-state index contributed by atoms with van der Waals surface area (Å²) in [4.78, 5) is 17.1. The molecule has 4 aromatic rings. The Kier molecular flexibility index (Phi) is 4.16. The van der Waals surface area contributed by atoms with Crippen LogP contribution in [0, 0.1) is 0 Å². The van der Waals surface area contributed by atoms with Gasteiger partial charge in [-0.05, 0) is 61.1 Å². The average molecular weight is 415 g/mol. The first kappa shape index (κ1) is 17.8. The number of nitrogens with zero attached hydrogens (tertiary/aromatic N) is 2. The summed E-state index contributed by atoms with van der Waals surface area (Å²) in [7, 11) is 0. The number of hydrogen-bond donors (Lipinski definition) is 0. The van der Waals surface area contributed by atoms with Crippen molar-refractivity contribution in [2.75, 3.05) is 0 Å². The minimum Gasteiger partial charge on any atom is -0.459 e. The summed E-state index contributed by atoms with van der Waals surface area (Å²) in [6.07, 6.45) is 8.46. The fraction of sp³-hybridized carbons (Fsp3) is 0.240. The fourth-order valence-electron chi connectivity index (χ4n) is 4.91. The SMILES string of the molecule is O=C(c1ccco1)N1Cc2c(sc3c2CCCC3)-n2cccc2C1c1ccccc1. The fourth-order valence-corrected chi connectivity index (χ4v) is 6.32. The van der Waals surface area contributed by atoms with Gasteiger partial charge in [0.05, 0.1) is 24.5 Å². The largest absolute Gasteiger partial charge is 0.459 e. The number of benzene rings is 1. The lowest BCUT2D eigenvalue weighted by molar-refractivity contribution is 0.0658. The predicted octanol–water partition coefficient (Wildman–Crippen LogP) is 5.76. The quantitative estimate of drug-likeness (QED) is 0.418. The molecule has 4 nitrogen and oxygen atoms in total. The van der Waals surface area contributed by atoms with Crippen molar-refractivity contribution in [2.45, 2.75) is 38.3 Å². The minimum absolute atomic E-state index is 0.0646. The van der Waals surface area contributed by atoms with Gasteiger partial charge in [0.2, 0.25) is 0 Å². The lowest BCUT2D eigenvalue weighted by atomic mass is 9.95. The van der Waals surface area contributed by atoms with Gasteiger partial charge >= 0.3 is 0 Å². The van der Waals surface area contributed by atoms with Crippen molar-refractivity contribution < 1.29 is 9.21 Å². The summed E-state index contributed by atoms with van der Waals surface area (Å²) < 4.78 is 7.84. The van der Waals surface area contributed by atoms with Crippen LogP contribution in [-0.4, -0.2) is 15.4 Å². The molecule has 1 atom stereocenters. The zero-order valence-corrected chi connectivity index (χ0v) is 17.4. The van der Waals surface area contributed by atoms with Crippen molar-refractivity contribution in [3.63, 3.8) is 0 Å². The Morgan fingerprint density at radius 3 is 2.67 bits per heavy atom. The maximum Gasteiger partial charge on any atom is 0.290 e. The molecule has 4 heterocycles. The van der Waals surface area contributed by atoms with Crippen molar-refractivity contribution in [1.29, 1.82) is 0 Å². The van der Waals surface area contributed by atoms with Gasteiger partial charge in [0.15, 0.2) is 5.76 Å². The summed E-state index contributed by atoms with van der Waals surface area (Å²) in [6.45, 7) is 0.599. The first-order chi connectivity index (χ1) is 14.8. The number of aromatic nitrogens is 1. The van der Waals surface area contributed by atoms with E-state index in [1.165, 1.54) is 33.8 Å². The monoisotopic (exact) mass is 414 g/mol. The summed E-state index contributed by atoms with van der Waals surface area (Å²) in [6, 6.07) is 17.9. The highest BCUT2D eigenvalue weighted by atomic mass is 32.1. The highest BCUT2D eigenvalue weighted by Crippen LogP contribution is 2.44. The maximum absolute atomic E-state index is 13.7. The molecule has 6 rings (SSSR count). The van der Waals surface area contributed by atoms with E-state index >= 15 is 0 Å². The number of hydrogen-bond acceptors (Lipinski definition) is 3. The maximum atomic E-state index is 13.7. The van der Waals surface area contributed by atoms with Crippen molar-refractivity contribution in [2.24, 2.45) is 0 Å². The van der Waals surface area contributed by atoms with Gasteiger partial charge in [-0.3, -0.25) is 4.79 Å². The molecular weight excluding hydrogens is 392 g/mol. The van der Waals surface area contributed by atoms with E-state index in [2.05, 4.69) is 35.0 Å². The Hall–Kier alpha value is -3.05. The molecule has 0 spiro atoms. The van der Waals surface area contributed by atoms with E-state index in [1.54, 1.807) is 18.4 Å². The van der Waals surface area contributed by atoms with Crippen LogP contribution in [0.25, 0.3) is 5.00 Å². The zero-order valence-electron chi connectivity index (χ0n) is 16.6. The number of amides is 1. The average Bonchev–Trinajstić information content (AvgIpc) is 3.53. The van der Waals surface area contributed by atoms with E-state index in [-0.39, 0.29) is 11.9 Å². The third kappa shape index (κ3) is 2.69. The number of carbonyl (C=O) groups excluding carboxylic acids is 1. The molecule has 0 saturated heterocycles. The molecule has 1 aliphatic heterocycles. The summed E-state index contributed by atoms with van der Waals surface area (Å²) in [5.41, 5.74) is 5.01. The number of carbonyl (C=O) groups is 1. The Morgan fingerprint density at radius 2 is 1.83 bits per heavy atom. The first-order valence-corrected chi connectivity index (χ1v) is 11.3. The van der Waals surface area contributed by atoms with Crippen molar-refractivity contribution in [3.8, 4) is 5.00 Å². The minimum atomic E-state index is -0.169. The Morgan fingerprint density at radius 1 is 0.967 bits per heavy atom. The summed E-state index contributed by atoms with van der Waals surface area (Å²) in [5.74, 6) is 0.326. The van der Waals surface area contributed by atoms with E-state index in [4.69, 9.17) is 4.42 Å². The van der Waals surface area contributed by atoms with E-state index in [9.17, 15) is 4.79 Å². The van der Waals surface area contributed by atoms with Crippen molar-refractivity contribution in [1.82, 2.24) is 9.47 Å². The second-order valence-corrected chi connectivity index (χ2v) is 9.10. The molecule has 0 saturated carbocycles. The molecule has 1 amide bonds. The molecule has 150 valence electrons. The molecule has 2 aliphatic rings.